The monoisotopic (exact) mass is 175 g/mol. The van der Waals surface area contributed by atoms with Crippen molar-refractivity contribution >= 4 is 0 Å². The average Bonchev–Trinajstić information content (AvgIpc) is 2.17. The highest BCUT2D eigenvalue weighted by Gasteiger charge is 2.20. The summed E-state index contributed by atoms with van der Waals surface area (Å²) >= 11 is 0. The van der Waals surface area contributed by atoms with Crippen molar-refractivity contribution in [2.24, 2.45) is 0 Å². The summed E-state index contributed by atoms with van der Waals surface area (Å²) in [6.07, 6.45) is 2.48. The maximum Gasteiger partial charge on any atom is 0.0236 e. The normalized spacial score (nSPS) is 22.8. The quantitative estimate of drug-likeness (QED) is 0.633. The topological polar surface area (TPSA) is 3.24 Å². The van der Waals surface area contributed by atoms with E-state index in [0.717, 1.165) is 12.6 Å². The number of fused-ring (bicyclic) bond motifs is 1. The minimum absolute atomic E-state index is 0.745. The van der Waals surface area contributed by atoms with Crippen molar-refractivity contribution in [2.45, 2.75) is 32.4 Å². The zero-order valence-corrected chi connectivity index (χ0v) is 8.46. The Hall–Kier alpha value is -0.820. The molecule has 2 rings (SSSR count). The zero-order chi connectivity index (χ0) is 9.26. The van der Waals surface area contributed by atoms with E-state index in [1.54, 1.807) is 5.56 Å². The molecule has 1 heterocycles. The number of nitrogens with zero attached hydrogens (tertiary/aromatic N) is 1. The average molecular weight is 175 g/mol. The Balaban J connectivity index is 2.27. The van der Waals surface area contributed by atoms with Crippen LogP contribution in [0.15, 0.2) is 24.3 Å². The molecule has 70 valence electrons. The van der Waals surface area contributed by atoms with Gasteiger partial charge in [0.05, 0.1) is 0 Å². The molecule has 1 aromatic rings. The lowest BCUT2D eigenvalue weighted by Gasteiger charge is -2.33. The first-order valence-corrected chi connectivity index (χ1v) is 5.08. The Kier molecular flexibility index (Phi) is 2.36. The fraction of sp³-hybridized carbons (Fsp3) is 0.500. The lowest BCUT2D eigenvalue weighted by Crippen LogP contribution is -2.36. The van der Waals surface area contributed by atoms with Crippen molar-refractivity contribution < 1.29 is 0 Å². The summed E-state index contributed by atoms with van der Waals surface area (Å²) in [6.45, 7) is 3.39. The van der Waals surface area contributed by atoms with Crippen molar-refractivity contribution in [3.8, 4) is 0 Å². The largest absolute Gasteiger partial charge is 0.299 e. The minimum atomic E-state index is 0.745. The molecule has 1 nitrogen and oxygen atoms in total. The first kappa shape index (κ1) is 8.76. The molecule has 0 saturated carbocycles. The van der Waals surface area contributed by atoms with E-state index in [0.29, 0.717) is 0 Å². The van der Waals surface area contributed by atoms with Gasteiger partial charge in [-0.15, -0.1) is 0 Å². The summed E-state index contributed by atoms with van der Waals surface area (Å²) in [6, 6.07) is 9.55. The van der Waals surface area contributed by atoms with Crippen molar-refractivity contribution in [1.82, 2.24) is 4.90 Å². The Bertz CT molecular complexity index is 293. The lowest BCUT2D eigenvalue weighted by molar-refractivity contribution is 0.210. The first-order valence-electron chi connectivity index (χ1n) is 5.08. The number of benzene rings is 1. The van der Waals surface area contributed by atoms with E-state index in [4.69, 9.17) is 0 Å². The van der Waals surface area contributed by atoms with Gasteiger partial charge < -0.3 is 0 Å². The maximum absolute atomic E-state index is 2.46. The van der Waals surface area contributed by atoms with Gasteiger partial charge in [0.25, 0.3) is 0 Å². The van der Waals surface area contributed by atoms with E-state index in [9.17, 15) is 0 Å². The number of likely N-dealkylation sites (N-methyl/N-ethyl adjacent to an activating group) is 1. The SMILES string of the molecule is CC[C@@H]1Cc2ccccc2CN1C. The van der Waals surface area contributed by atoms with Crippen LogP contribution in [0.3, 0.4) is 0 Å². The maximum atomic E-state index is 2.46. The van der Waals surface area contributed by atoms with Crippen molar-refractivity contribution in [3.05, 3.63) is 35.4 Å². The van der Waals surface area contributed by atoms with Crippen LogP contribution >= 0.6 is 0 Å². The minimum Gasteiger partial charge on any atom is -0.299 e. The van der Waals surface area contributed by atoms with E-state index in [2.05, 4.69) is 43.1 Å². The molecule has 0 N–H and O–H groups in total. The molecule has 0 unspecified atom stereocenters. The van der Waals surface area contributed by atoms with Gasteiger partial charge in [-0.3, -0.25) is 4.90 Å². The molecule has 13 heavy (non-hydrogen) atoms. The van der Waals surface area contributed by atoms with Crippen LogP contribution in [0.4, 0.5) is 0 Å². The molecular weight excluding hydrogens is 158 g/mol. The predicted molar refractivity (Wildman–Crippen MR) is 55.7 cm³/mol. The Morgan fingerprint density at radius 1 is 1.31 bits per heavy atom. The molecule has 0 spiro atoms. The van der Waals surface area contributed by atoms with Gasteiger partial charge in [0, 0.05) is 12.6 Å². The zero-order valence-electron chi connectivity index (χ0n) is 8.46. The fourth-order valence-corrected chi connectivity index (χ4v) is 2.17. The van der Waals surface area contributed by atoms with Gasteiger partial charge in [-0.2, -0.15) is 0 Å². The summed E-state index contributed by atoms with van der Waals surface area (Å²) in [5, 5.41) is 0. The second-order valence-electron chi connectivity index (χ2n) is 3.95. The molecular formula is C12H17N. The third kappa shape index (κ3) is 1.61. The van der Waals surface area contributed by atoms with Crippen LogP contribution in [0, 0.1) is 0 Å². The molecule has 0 fully saturated rings. The molecule has 1 aliphatic heterocycles. The second-order valence-corrected chi connectivity index (χ2v) is 3.95. The van der Waals surface area contributed by atoms with Crippen LogP contribution in [0.2, 0.25) is 0 Å². The van der Waals surface area contributed by atoms with Gasteiger partial charge in [0.15, 0.2) is 0 Å². The molecule has 1 heteroatoms. The predicted octanol–water partition coefficient (Wildman–Crippen LogP) is 2.45. The number of hydrogen-bond donors (Lipinski definition) is 0. The summed E-state index contributed by atoms with van der Waals surface area (Å²) in [7, 11) is 2.23. The van der Waals surface area contributed by atoms with Crippen molar-refractivity contribution in [1.29, 1.82) is 0 Å². The van der Waals surface area contributed by atoms with Gasteiger partial charge >= 0.3 is 0 Å². The van der Waals surface area contributed by atoms with Crippen LogP contribution in [-0.4, -0.2) is 18.0 Å². The van der Waals surface area contributed by atoms with E-state index in [1.807, 2.05) is 0 Å². The molecule has 0 aliphatic carbocycles. The van der Waals surface area contributed by atoms with E-state index >= 15 is 0 Å². The molecule has 1 atom stereocenters. The van der Waals surface area contributed by atoms with Crippen molar-refractivity contribution in [2.75, 3.05) is 7.05 Å². The van der Waals surface area contributed by atoms with Gasteiger partial charge in [0.1, 0.15) is 0 Å². The summed E-state index contributed by atoms with van der Waals surface area (Å²) in [4.78, 5) is 2.46. The molecule has 0 bridgehead atoms. The van der Waals surface area contributed by atoms with Crippen LogP contribution in [0.1, 0.15) is 24.5 Å². The molecule has 0 amide bonds. The van der Waals surface area contributed by atoms with Crippen LogP contribution in [0.25, 0.3) is 0 Å². The first-order chi connectivity index (χ1) is 6.31. The van der Waals surface area contributed by atoms with Gasteiger partial charge in [-0.1, -0.05) is 31.2 Å². The lowest BCUT2D eigenvalue weighted by atomic mass is 9.93. The summed E-state index contributed by atoms with van der Waals surface area (Å²) < 4.78 is 0. The van der Waals surface area contributed by atoms with E-state index in [-0.39, 0.29) is 0 Å². The molecule has 1 aliphatic rings. The van der Waals surface area contributed by atoms with Crippen LogP contribution < -0.4 is 0 Å². The van der Waals surface area contributed by atoms with E-state index < -0.39 is 0 Å². The molecule has 1 aromatic carbocycles. The third-order valence-corrected chi connectivity index (χ3v) is 3.09. The Morgan fingerprint density at radius 2 is 2.00 bits per heavy atom. The summed E-state index contributed by atoms with van der Waals surface area (Å²) in [5.41, 5.74) is 3.06. The standard InChI is InChI=1S/C12H17N/c1-3-12-8-10-6-4-5-7-11(10)9-13(12)2/h4-7,12H,3,8-9H2,1-2H3/t12-/m1/s1. The number of hydrogen-bond acceptors (Lipinski definition) is 1. The smallest absolute Gasteiger partial charge is 0.0236 e. The van der Waals surface area contributed by atoms with E-state index in [1.165, 1.54) is 18.4 Å². The Morgan fingerprint density at radius 3 is 2.69 bits per heavy atom. The van der Waals surface area contributed by atoms with Crippen molar-refractivity contribution in [3.63, 3.8) is 0 Å². The second kappa shape index (κ2) is 3.51. The summed E-state index contributed by atoms with van der Waals surface area (Å²) in [5.74, 6) is 0. The molecule has 0 saturated heterocycles. The fourth-order valence-electron chi connectivity index (χ4n) is 2.17. The molecule has 0 aromatic heterocycles. The van der Waals surface area contributed by atoms with Gasteiger partial charge in [0.2, 0.25) is 0 Å². The van der Waals surface area contributed by atoms with Crippen LogP contribution in [0.5, 0.6) is 0 Å². The highest BCUT2D eigenvalue weighted by molar-refractivity contribution is 5.29. The van der Waals surface area contributed by atoms with Gasteiger partial charge in [-0.05, 0) is 31.0 Å². The molecule has 0 radical (unpaired) electrons. The van der Waals surface area contributed by atoms with Gasteiger partial charge in [-0.25, -0.2) is 0 Å². The van der Waals surface area contributed by atoms with Crippen LogP contribution in [-0.2, 0) is 13.0 Å². The third-order valence-electron chi connectivity index (χ3n) is 3.09. The highest BCUT2D eigenvalue weighted by atomic mass is 15.1. The highest BCUT2D eigenvalue weighted by Crippen LogP contribution is 2.22. The number of rotatable bonds is 1. The Labute approximate surface area is 80.4 Å².